The summed E-state index contributed by atoms with van der Waals surface area (Å²) in [4.78, 5) is 36.4. The van der Waals surface area contributed by atoms with Gasteiger partial charge in [-0.3, -0.25) is 19.5 Å². The Balaban J connectivity index is 1.03. The number of pyridine rings is 1. The molecule has 1 spiro atoms. The summed E-state index contributed by atoms with van der Waals surface area (Å²) in [7, 11) is 0. The first-order valence-corrected chi connectivity index (χ1v) is 12.3. The van der Waals surface area contributed by atoms with Gasteiger partial charge in [-0.1, -0.05) is 6.42 Å². The van der Waals surface area contributed by atoms with Gasteiger partial charge in [-0.05, 0) is 68.1 Å². The van der Waals surface area contributed by atoms with Crippen molar-refractivity contribution in [2.75, 3.05) is 39.3 Å². The molecule has 2 saturated heterocycles. The van der Waals surface area contributed by atoms with Gasteiger partial charge in [-0.15, -0.1) is 0 Å². The molecule has 2 saturated carbocycles. The number of hydrogen-bond acceptors (Lipinski definition) is 4. The van der Waals surface area contributed by atoms with Crippen molar-refractivity contribution in [2.45, 2.75) is 63.8 Å². The molecule has 4 fully saturated rings. The third-order valence-electron chi connectivity index (χ3n) is 8.48. The van der Waals surface area contributed by atoms with Gasteiger partial charge in [0.2, 0.25) is 11.8 Å². The van der Waals surface area contributed by atoms with Crippen LogP contribution >= 0.6 is 0 Å². The fraction of sp³-hybridized carbons (Fsp3) is 0.720. The van der Waals surface area contributed by atoms with E-state index in [2.05, 4.69) is 14.8 Å². The molecule has 2 aliphatic carbocycles. The average molecular weight is 425 g/mol. The van der Waals surface area contributed by atoms with Gasteiger partial charge in [0, 0.05) is 70.0 Å². The third kappa shape index (κ3) is 4.50. The Kier molecular flexibility index (Phi) is 6.00. The first-order chi connectivity index (χ1) is 15.1. The first kappa shape index (κ1) is 20.9. The van der Waals surface area contributed by atoms with Gasteiger partial charge in [-0.25, -0.2) is 0 Å². The SMILES string of the molecule is O=C(CCc1ccncc1)N1CCC2(CC1)CC(C(=O)N1CCN(C3CCC3)CC1)C2. The number of aromatic nitrogens is 1. The Hall–Kier alpha value is -1.95. The molecule has 0 aromatic carbocycles. The number of aryl methyl sites for hydroxylation is 1. The predicted octanol–water partition coefficient (Wildman–Crippen LogP) is 2.73. The molecule has 6 heteroatoms. The standard InChI is InChI=1S/C25H36N4O2/c30-23(5-4-20-6-10-26-11-7-20)28-12-8-25(9-13-28)18-21(19-25)24(31)29-16-14-27(15-17-29)22-2-1-3-22/h6-7,10-11,21-22H,1-5,8-9,12-19H2. The molecule has 0 N–H and O–H groups in total. The molecule has 2 aliphatic heterocycles. The van der Waals surface area contributed by atoms with Crippen molar-refractivity contribution in [3.05, 3.63) is 30.1 Å². The molecular formula is C25H36N4O2. The number of carbonyl (C=O) groups excluding carboxylic acids is 2. The van der Waals surface area contributed by atoms with Gasteiger partial charge in [-0.2, -0.15) is 0 Å². The second-order valence-corrected chi connectivity index (χ2v) is 10.3. The highest BCUT2D eigenvalue weighted by molar-refractivity contribution is 5.80. The number of piperazine rings is 1. The lowest BCUT2D eigenvalue weighted by molar-refractivity contribution is -0.150. The van der Waals surface area contributed by atoms with Crippen molar-refractivity contribution in [3.63, 3.8) is 0 Å². The van der Waals surface area contributed by atoms with Gasteiger partial charge < -0.3 is 9.80 Å². The highest BCUT2D eigenvalue weighted by Gasteiger charge is 2.50. The second kappa shape index (κ2) is 8.89. The van der Waals surface area contributed by atoms with E-state index in [-0.39, 0.29) is 11.8 Å². The zero-order valence-electron chi connectivity index (χ0n) is 18.7. The van der Waals surface area contributed by atoms with Crippen LogP contribution in [0, 0.1) is 11.3 Å². The molecule has 1 aromatic rings. The minimum Gasteiger partial charge on any atom is -0.343 e. The van der Waals surface area contributed by atoms with Gasteiger partial charge in [0.25, 0.3) is 0 Å². The Bertz CT molecular complexity index is 770. The maximum atomic E-state index is 13.0. The smallest absolute Gasteiger partial charge is 0.225 e. The van der Waals surface area contributed by atoms with Crippen LogP contribution in [0.5, 0.6) is 0 Å². The van der Waals surface area contributed by atoms with Gasteiger partial charge in [0.15, 0.2) is 0 Å². The number of carbonyl (C=O) groups is 2. The molecule has 1 aromatic heterocycles. The lowest BCUT2D eigenvalue weighted by atomic mass is 9.57. The highest BCUT2D eigenvalue weighted by atomic mass is 16.2. The van der Waals surface area contributed by atoms with E-state index in [0.717, 1.165) is 77.4 Å². The summed E-state index contributed by atoms with van der Waals surface area (Å²) in [5.74, 6) is 0.891. The molecule has 0 atom stereocenters. The largest absolute Gasteiger partial charge is 0.343 e. The Morgan fingerprint density at radius 3 is 2.23 bits per heavy atom. The number of piperidine rings is 1. The predicted molar refractivity (Wildman–Crippen MR) is 119 cm³/mol. The number of nitrogens with zero attached hydrogens (tertiary/aromatic N) is 4. The van der Waals surface area contributed by atoms with Crippen molar-refractivity contribution in [3.8, 4) is 0 Å². The number of rotatable bonds is 5. The average Bonchev–Trinajstić information content (AvgIpc) is 2.75. The van der Waals surface area contributed by atoms with E-state index in [9.17, 15) is 9.59 Å². The number of likely N-dealkylation sites (tertiary alicyclic amines) is 1. The van der Waals surface area contributed by atoms with Crippen LogP contribution in [0.25, 0.3) is 0 Å². The molecule has 2 amide bonds. The fourth-order valence-corrected chi connectivity index (χ4v) is 6.08. The molecule has 0 unspecified atom stereocenters. The summed E-state index contributed by atoms with van der Waals surface area (Å²) >= 11 is 0. The quantitative estimate of drug-likeness (QED) is 0.729. The molecule has 168 valence electrons. The maximum Gasteiger partial charge on any atom is 0.225 e. The van der Waals surface area contributed by atoms with Crippen LogP contribution in [0.2, 0.25) is 0 Å². The van der Waals surface area contributed by atoms with E-state index in [0.29, 0.717) is 17.7 Å². The molecular weight excluding hydrogens is 388 g/mol. The molecule has 4 aliphatic rings. The van der Waals surface area contributed by atoms with E-state index in [1.54, 1.807) is 12.4 Å². The van der Waals surface area contributed by atoms with E-state index >= 15 is 0 Å². The number of amides is 2. The van der Waals surface area contributed by atoms with Crippen molar-refractivity contribution in [2.24, 2.45) is 11.3 Å². The Morgan fingerprint density at radius 2 is 1.61 bits per heavy atom. The van der Waals surface area contributed by atoms with E-state index < -0.39 is 0 Å². The molecule has 0 radical (unpaired) electrons. The zero-order chi connectivity index (χ0) is 21.3. The molecule has 5 rings (SSSR count). The van der Waals surface area contributed by atoms with E-state index in [1.165, 1.54) is 24.8 Å². The maximum absolute atomic E-state index is 13.0. The molecule has 3 heterocycles. The van der Waals surface area contributed by atoms with Crippen LogP contribution in [-0.2, 0) is 16.0 Å². The van der Waals surface area contributed by atoms with Crippen LogP contribution in [-0.4, -0.2) is 76.8 Å². The fourth-order valence-electron chi connectivity index (χ4n) is 6.08. The van der Waals surface area contributed by atoms with Crippen LogP contribution in [0.1, 0.15) is 56.9 Å². The summed E-state index contributed by atoms with van der Waals surface area (Å²) in [6, 6.07) is 4.76. The topological polar surface area (TPSA) is 56.8 Å². The Labute approximate surface area is 186 Å². The summed E-state index contributed by atoms with van der Waals surface area (Å²) in [6.07, 6.45) is 13.2. The summed E-state index contributed by atoms with van der Waals surface area (Å²) in [5.41, 5.74) is 1.49. The van der Waals surface area contributed by atoms with Crippen molar-refractivity contribution >= 4 is 11.8 Å². The summed E-state index contributed by atoms with van der Waals surface area (Å²) < 4.78 is 0. The van der Waals surface area contributed by atoms with E-state index in [4.69, 9.17) is 0 Å². The minimum absolute atomic E-state index is 0.226. The summed E-state index contributed by atoms with van der Waals surface area (Å²) in [5, 5.41) is 0. The van der Waals surface area contributed by atoms with Crippen LogP contribution in [0.3, 0.4) is 0 Å². The van der Waals surface area contributed by atoms with Crippen molar-refractivity contribution in [1.29, 1.82) is 0 Å². The van der Waals surface area contributed by atoms with Crippen molar-refractivity contribution in [1.82, 2.24) is 19.7 Å². The lowest BCUT2D eigenvalue weighted by Crippen LogP contribution is -2.57. The van der Waals surface area contributed by atoms with Gasteiger partial charge in [0.1, 0.15) is 0 Å². The normalized spacial score (nSPS) is 24.6. The molecule has 31 heavy (non-hydrogen) atoms. The van der Waals surface area contributed by atoms with Crippen LogP contribution in [0.4, 0.5) is 0 Å². The van der Waals surface area contributed by atoms with E-state index in [1.807, 2.05) is 17.0 Å². The Morgan fingerprint density at radius 1 is 0.935 bits per heavy atom. The van der Waals surface area contributed by atoms with Crippen LogP contribution in [0.15, 0.2) is 24.5 Å². The van der Waals surface area contributed by atoms with Gasteiger partial charge in [0.05, 0.1) is 0 Å². The monoisotopic (exact) mass is 424 g/mol. The lowest BCUT2D eigenvalue weighted by Gasteiger charge is -2.53. The number of hydrogen-bond donors (Lipinski definition) is 0. The molecule has 0 bridgehead atoms. The first-order valence-electron chi connectivity index (χ1n) is 12.3. The summed E-state index contributed by atoms with van der Waals surface area (Å²) in [6.45, 7) is 5.67. The van der Waals surface area contributed by atoms with Crippen molar-refractivity contribution < 1.29 is 9.59 Å². The molecule has 6 nitrogen and oxygen atoms in total. The highest BCUT2D eigenvalue weighted by Crippen LogP contribution is 2.53. The minimum atomic E-state index is 0.226. The van der Waals surface area contributed by atoms with Crippen LogP contribution < -0.4 is 0 Å². The zero-order valence-corrected chi connectivity index (χ0v) is 18.7. The third-order valence-corrected chi connectivity index (χ3v) is 8.48. The second-order valence-electron chi connectivity index (χ2n) is 10.3. The van der Waals surface area contributed by atoms with Gasteiger partial charge >= 0.3 is 0 Å².